The lowest BCUT2D eigenvalue weighted by molar-refractivity contribution is 0.0331. The molecule has 0 amide bonds. The van der Waals surface area contributed by atoms with E-state index in [0.717, 1.165) is 66.1 Å². The lowest BCUT2D eigenvalue weighted by Crippen LogP contribution is -2.36. The summed E-state index contributed by atoms with van der Waals surface area (Å²) < 4.78 is 10.9. The molecule has 0 atom stereocenters. The smallest absolute Gasteiger partial charge is 0.146 e. The topological polar surface area (TPSA) is 59.5 Å². The highest BCUT2D eigenvalue weighted by Gasteiger charge is 2.19. The van der Waals surface area contributed by atoms with Crippen LogP contribution in [0.15, 0.2) is 47.2 Å². The SMILES string of the molecule is COc1cccc(Nc2nc(CN3CCOCC3)nc3scc(-c4cccs4)c23)c1. The van der Waals surface area contributed by atoms with Gasteiger partial charge in [-0.2, -0.15) is 0 Å². The van der Waals surface area contributed by atoms with E-state index >= 15 is 0 Å². The molecule has 0 bridgehead atoms. The second kappa shape index (κ2) is 8.69. The van der Waals surface area contributed by atoms with E-state index in [1.165, 1.54) is 10.4 Å². The molecule has 1 aliphatic rings. The fraction of sp³-hybridized carbons (Fsp3) is 0.273. The molecule has 0 saturated carbocycles. The summed E-state index contributed by atoms with van der Waals surface area (Å²) in [5.74, 6) is 2.47. The van der Waals surface area contributed by atoms with E-state index in [2.05, 4.69) is 33.1 Å². The van der Waals surface area contributed by atoms with Crippen LogP contribution in [-0.2, 0) is 11.3 Å². The largest absolute Gasteiger partial charge is 0.497 e. The molecule has 6 nitrogen and oxygen atoms in total. The van der Waals surface area contributed by atoms with Crippen LogP contribution in [0.2, 0.25) is 0 Å². The van der Waals surface area contributed by atoms with Crippen LogP contribution in [0.25, 0.3) is 20.7 Å². The van der Waals surface area contributed by atoms with Crippen molar-refractivity contribution in [2.45, 2.75) is 6.54 Å². The molecule has 0 unspecified atom stereocenters. The third kappa shape index (κ3) is 4.04. The molecule has 1 N–H and O–H groups in total. The van der Waals surface area contributed by atoms with Gasteiger partial charge >= 0.3 is 0 Å². The van der Waals surface area contributed by atoms with Gasteiger partial charge in [0.1, 0.15) is 22.2 Å². The van der Waals surface area contributed by atoms with Gasteiger partial charge in [0.15, 0.2) is 0 Å². The zero-order chi connectivity index (χ0) is 20.3. The zero-order valence-electron chi connectivity index (χ0n) is 16.6. The Kier molecular flexibility index (Phi) is 5.63. The molecular formula is C22H22N4O2S2. The van der Waals surface area contributed by atoms with Gasteiger partial charge in [0.25, 0.3) is 0 Å². The molecule has 1 aromatic carbocycles. The second-order valence-electron chi connectivity index (χ2n) is 7.04. The first kappa shape index (κ1) is 19.4. The van der Waals surface area contributed by atoms with Gasteiger partial charge in [-0.15, -0.1) is 22.7 Å². The summed E-state index contributed by atoms with van der Waals surface area (Å²) in [6, 6.07) is 12.1. The number of fused-ring (bicyclic) bond motifs is 1. The number of thiophene rings is 2. The Hall–Kier alpha value is -2.52. The summed E-state index contributed by atoms with van der Waals surface area (Å²) in [7, 11) is 1.68. The van der Waals surface area contributed by atoms with Crippen molar-refractivity contribution in [3.63, 3.8) is 0 Å². The predicted molar refractivity (Wildman–Crippen MR) is 123 cm³/mol. The number of hydrogen-bond donors (Lipinski definition) is 1. The maximum absolute atomic E-state index is 5.47. The number of nitrogens with one attached hydrogen (secondary N) is 1. The molecule has 5 rings (SSSR count). The molecule has 8 heteroatoms. The van der Waals surface area contributed by atoms with Crippen molar-refractivity contribution in [2.24, 2.45) is 0 Å². The Balaban J connectivity index is 1.57. The van der Waals surface area contributed by atoms with Crippen LogP contribution in [0.1, 0.15) is 5.82 Å². The minimum absolute atomic E-state index is 0.721. The number of rotatable bonds is 6. The Morgan fingerprint density at radius 1 is 1.13 bits per heavy atom. The van der Waals surface area contributed by atoms with Crippen molar-refractivity contribution in [3.8, 4) is 16.2 Å². The Bertz CT molecular complexity index is 1140. The molecular weight excluding hydrogens is 416 g/mol. The van der Waals surface area contributed by atoms with Gasteiger partial charge in [-0.25, -0.2) is 9.97 Å². The maximum Gasteiger partial charge on any atom is 0.146 e. The molecule has 4 aromatic rings. The number of anilines is 2. The summed E-state index contributed by atoms with van der Waals surface area (Å²) >= 11 is 3.40. The first-order chi connectivity index (χ1) is 14.8. The Labute approximate surface area is 183 Å². The summed E-state index contributed by atoms with van der Waals surface area (Å²) in [6.45, 7) is 4.06. The van der Waals surface area contributed by atoms with Crippen molar-refractivity contribution in [1.82, 2.24) is 14.9 Å². The number of hydrogen-bond acceptors (Lipinski definition) is 8. The number of benzene rings is 1. The first-order valence-corrected chi connectivity index (χ1v) is 11.6. The summed E-state index contributed by atoms with van der Waals surface area (Å²) in [5, 5.41) is 8.87. The lowest BCUT2D eigenvalue weighted by Gasteiger charge is -2.25. The molecule has 0 aliphatic carbocycles. The van der Waals surface area contributed by atoms with Gasteiger partial charge in [0, 0.05) is 40.7 Å². The lowest BCUT2D eigenvalue weighted by atomic mass is 10.2. The number of aromatic nitrogens is 2. The van der Waals surface area contributed by atoms with Crippen LogP contribution in [0, 0.1) is 0 Å². The van der Waals surface area contributed by atoms with Crippen molar-refractivity contribution in [2.75, 3.05) is 38.7 Å². The van der Waals surface area contributed by atoms with Crippen LogP contribution < -0.4 is 10.1 Å². The van der Waals surface area contributed by atoms with Gasteiger partial charge in [-0.1, -0.05) is 12.1 Å². The minimum atomic E-state index is 0.721. The third-order valence-corrected chi connectivity index (χ3v) is 6.84. The monoisotopic (exact) mass is 438 g/mol. The average molecular weight is 439 g/mol. The second-order valence-corrected chi connectivity index (χ2v) is 8.85. The van der Waals surface area contributed by atoms with E-state index in [9.17, 15) is 0 Å². The normalized spacial score (nSPS) is 14.8. The van der Waals surface area contributed by atoms with Crippen LogP contribution >= 0.6 is 22.7 Å². The minimum Gasteiger partial charge on any atom is -0.497 e. The van der Waals surface area contributed by atoms with Gasteiger partial charge in [0.2, 0.25) is 0 Å². The van der Waals surface area contributed by atoms with Crippen molar-refractivity contribution in [3.05, 3.63) is 53.0 Å². The van der Waals surface area contributed by atoms with E-state index in [0.29, 0.717) is 0 Å². The molecule has 154 valence electrons. The highest BCUT2D eigenvalue weighted by atomic mass is 32.1. The molecule has 0 radical (unpaired) electrons. The predicted octanol–water partition coefficient (Wildman–Crippen LogP) is 5.00. The Morgan fingerprint density at radius 3 is 2.83 bits per heavy atom. The van der Waals surface area contributed by atoms with Crippen LogP contribution in [0.4, 0.5) is 11.5 Å². The number of morpholine rings is 1. The number of nitrogens with zero attached hydrogens (tertiary/aromatic N) is 3. The third-order valence-electron chi connectivity index (χ3n) is 5.07. The summed E-state index contributed by atoms with van der Waals surface area (Å²) in [6.07, 6.45) is 0. The van der Waals surface area contributed by atoms with Crippen LogP contribution in [0.5, 0.6) is 5.75 Å². The highest BCUT2D eigenvalue weighted by molar-refractivity contribution is 7.18. The molecule has 3 aromatic heterocycles. The van der Waals surface area contributed by atoms with Gasteiger partial charge in [-0.05, 0) is 23.6 Å². The number of ether oxygens (including phenoxy) is 2. The standard InChI is InChI=1S/C22H22N4O2S2/c1-27-16-5-2-4-15(12-16)23-21-20-17(18-6-3-11-29-18)14-30-22(20)25-19(24-21)13-26-7-9-28-10-8-26/h2-6,11-12,14H,7-10,13H2,1H3,(H,23,24,25). The molecule has 4 heterocycles. The van der Waals surface area contributed by atoms with Gasteiger partial charge < -0.3 is 14.8 Å². The van der Waals surface area contributed by atoms with E-state index in [4.69, 9.17) is 19.4 Å². The molecule has 1 fully saturated rings. The summed E-state index contributed by atoms with van der Waals surface area (Å²) in [4.78, 5) is 14.4. The zero-order valence-corrected chi connectivity index (χ0v) is 18.3. The van der Waals surface area contributed by atoms with E-state index in [1.54, 1.807) is 29.8 Å². The van der Waals surface area contributed by atoms with E-state index < -0.39 is 0 Å². The van der Waals surface area contributed by atoms with Crippen molar-refractivity contribution < 1.29 is 9.47 Å². The fourth-order valence-electron chi connectivity index (χ4n) is 3.56. The van der Waals surface area contributed by atoms with Crippen LogP contribution in [0.3, 0.4) is 0 Å². The quantitative estimate of drug-likeness (QED) is 0.457. The fourth-order valence-corrected chi connectivity index (χ4v) is 5.34. The van der Waals surface area contributed by atoms with Gasteiger partial charge in [0.05, 0.1) is 32.3 Å². The van der Waals surface area contributed by atoms with Crippen molar-refractivity contribution in [1.29, 1.82) is 0 Å². The first-order valence-electron chi connectivity index (χ1n) is 9.83. The highest BCUT2D eigenvalue weighted by Crippen LogP contribution is 2.40. The van der Waals surface area contributed by atoms with E-state index in [-0.39, 0.29) is 0 Å². The molecule has 0 spiro atoms. The maximum atomic E-state index is 5.47. The molecule has 30 heavy (non-hydrogen) atoms. The number of methoxy groups -OCH3 is 1. The molecule has 1 saturated heterocycles. The van der Waals surface area contributed by atoms with Crippen molar-refractivity contribution >= 4 is 44.4 Å². The van der Waals surface area contributed by atoms with E-state index in [1.807, 2.05) is 24.3 Å². The van der Waals surface area contributed by atoms with Crippen LogP contribution in [-0.4, -0.2) is 48.3 Å². The Morgan fingerprint density at radius 2 is 2.03 bits per heavy atom. The average Bonchev–Trinajstić information content (AvgIpc) is 3.44. The van der Waals surface area contributed by atoms with Gasteiger partial charge in [-0.3, -0.25) is 4.90 Å². The molecule has 1 aliphatic heterocycles. The summed E-state index contributed by atoms with van der Waals surface area (Å²) in [5.41, 5.74) is 2.11.